The van der Waals surface area contributed by atoms with Gasteiger partial charge in [0.05, 0.1) is 5.56 Å². The summed E-state index contributed by atoms with van der Waals surface area (Å²) in [5.41, 5.74) is 1.83. The van der Waals surface area contributed by atoms with Gasteiger partial charge in [0.25, 0.3) is 5.91 Å². The monoisotopic (exact) mass is 373 g/mol. The smallest absolute Gasteiger partial charge is 0.257 e. The van der Waals surface area contributed by atoms with Crippen LogP contribution in [0.15, 0.2) is 42.6 Å². The fraction of sp³-hybridized carbons (Fsp3) is 0.250. The molecular formula is C20H18F3N3O. The van der Waals surface area contributed by atoms with Gasteiger partial charge in [-0.2, -0.15) is 0 Å². The summed E-state index contributed by atoms with van der Waals surface area (Å²) in [6, 6.07) is 9.82. The molecule has 4 rings (SSSR count). The highest BCUT2D eigenvalue weighted by Gasteiger charge is 2.26. The molecule has 1 aliphatic rings. The van der Waals surface area contributed by atoms with E-state index in [9.17, 15) is 18.0 Å². The predicted octanol–water partition coefficient (Wildman–Crippen LogP) is 3.54. The number of fused-ring (bicyclic) bond motifs is 1. The van der Waals surface area contributed by atoms with Crippen molar-refractivity contribution in [1.82, 2.24) is 14.8 Å². The Hall–Kier alpha value is -2.80. The Balaban J connectivity index is 1.42. The fourth-order valence-corrected chi connectivity index (χ4v) is 3.47. The second kappa shape index (κ2) is 7.08. The number of rotatable bonds is 3. The van der Waals surface area contributed by atoms with Crippen molar-refractivity contribution in [3.8, 4) is 0 Å². The largest absolute Gasteiger partial charge is 0.361 e. The molecule has 1 fully saturated rings. The van der Waals surface area contributed by atoms with E-state index in [-0.39, 0.29) is 0 Å². The third-order valence-corrected chi connectivity index (χ3v) is 4.99. The van der Waals surface area contributed by atoms with Crippen LogP contribution < -0.4 is 0 Å². The second-order valence-electron chi connectivity index (χ2n) is 6.65. The number of piperazine rings is 1. The van der Waals surface area contributed by atoms with E-state index in [1.165, 1.54) is 15.8 Å². The number of nitrogens with zero attached hydrogens (tertiary/aromatic N) is 2. The first-order chi connectivity index (χ1) is 13.0. The van der Waals surface area contributed by atoms with E-state index >= 15 is 0 Å². The SMILES string of the molecule is O=C(c1ccc(F)c(F)c1F)N1CCN(Cc2c[nH]c3ccccc23)CC1. The maximum absolute atomic E-state index is 13.9. The number of aromatic nitrogens is 1. The van der Waals surface area contributed by atoms with E-state index in [2.05, 4.69) is 16.0 Å². The van der Waals surface area contributed by atoms with E-state index in [1.54, 1.807) is 0 Å². The van der Waals surface area contributed by atoms with Crippen LogP contribution in [0.1, 0.15) is 15.9 Å². The lowest BCUT2D eigenvalue weighted by Crippen LogP contribution is -2.48. The van der Waals surface area contributed by atoms with Crippen LogP contribution in [0.3, 0.4) is 0 Å². The van der Waals surface area contributed by atoms with Crippen molar-refractivity contribution < 1.29 is 18.0 Å². The zero-order chi connectivity index (χ0) is 19.0. The average molecular weight is 373 g/mol. The lowest BCUT2D eigenvalue weighted by Gasteiger charge is -2.34. The van der Waals surface area contributed by atoms with Crippen LogP contribution in [-0.4, -0.2) is 46.9 Å². The van der Waals surface area contributed by atoms with Gasteiger partial charge in [-0.1, -0.05) is 18.2 Å². The van der Waals surface area contributed by atoms with Crippen molar-refractivity contribution in [3.63, 3.8) is 0 Å². The quantitative estimate of drug-likeness (QED) is 0.714. The normalized spacial score (nSPS) is 15.4. The Morgan fingerprint density at radius 3 is 2.48 bits per heavy atom. The molecule has 0 saturated carbocycles. The molecule has 0 spiro atoms. The number of amides is 1. The zero-order valence-corrected chi connectivity index (χ0v) is 14.5. The maximum atomic E-state index is 13.9. The van der Waals surface area contributed by atoms with Crippen LogP contribution >= 0.6 is 0 Å². The van der Waals surface area contributed by atoms with Crippen LogP contribution in [0.5, 0.6) is 0 Å². The van der Waals surface area contributed by atoms with Crippen LogP contribution in [0, 0.1) is 17.5 Å². The van der Waals surface area contributed by atoms with Gasteiger partial charge in [0.2, 0.25) is 0 Å². The molecule has 0 radical (unpaired) electrons. The molecule has 7 heteroatoms. The molecule has 2 heterocycles. The standard InChI is InChI=1S/C20H18F3N3O/c21-16-6-5-15(18(22)19(16)23)20(27)26-9-7-25(8-10-26)12-13-11-24-17-4-2-1-3-14(13)17/h1-6,11,24H,7-10,12H2. The van der Waals surface area contributed by atoms with Crippen LogP contribution in [0.4, 0.5) is 13.2 Å². The summed E-state index contributed by atoms with van der Waals surface area (Å²) in [5, 5.41) is 1.17. The van der Waals surface area contributed by atoms with Crippen molar-refractivity contribution >= 4 is 16.8 Å². The van der Waals surface area contributed by atoms with E-state index < -0.39 is 28.9 Å². The Labute approximate surface area is 154 Å². The number of nitrogens with one attached hydrogen (secondary N) is 1. The highest BCUT2D eigenvalue weighted by Crippen LogP contribution is 2.21. The minimum atomic E-state index is -1.61. The van der Waals surface area contributed by atoms with Gasteiger partial charge >= 0.3 is 0 Å². The number of hydrogen-bond acceptors (Lipinski definition) is 2. The van der Waals surface area contributed by atoms with Crippen molar-refractivity contribution in [2.24, 2.45) is 0 Å². The van der Waals surface area contributed by atoms with Gasteiger partial charge in [-0.3, -0.25) is 9.69 Å². The molecule has 1 aliphatic heterocycles. The highest BCUT2D eigenvalue weighted by molar-refractivity contribution is 5.94. The predicted molar refractivity (Wildman–Crippen MR) is 95.8 cm³/mol. The van der Waals surface area contributed by atoms with E-state index in [0.717, 1.165) is 24.2 Å². The number of H-pyrrole nitrogens is 1. The third kappa shape index (κ3) is 3.30. The number of para-hydroxylation sites is 1. The molecule has 1 N–H and O–H groups in total. The Morgan fingerprint density at radius 1 is 0.963 bits per heavy atom. The summed E-state index contributed by atoms with van der Waals surface area (Å²) >= 11 is 0. The average Bonchev–Trinajstić information content (AvgIpc) is 3.09. The molecule has 27 heavy (non-hydrogen) atoms. The van der Waals surface area contributed by atoms with Crippen molar-refractivity contribution in [3.05, 3.63) is 71.2 Å². The molecule has 4 nitrogen and oxygen atoms in total. The summed E-state index contributed by atoms with van der Waals surface area (Å²) in [5.74, 6) is -4.95. The van der Waals surface area contributed by atoms with Gasteiger partial charge in [0.15, 0.2) is 17.5 Å². The van der Waals surface area contributed by atoms with Gasteiger partial charge in [0.1, 0.15) is 0 Å². The fourth-order valence-electron chi connectivity index (χ4n) is 3.47. The van der Waals surface area contributed by atoms with Gasteiger partial charge in [0, 0.05) is 49.8 Å². The Kier molecular flexibility index (Phi) is 4.61. The molecule has 1 aromatic heterocycles. The Morgan fingerprint density at radius 2 is 1.70 bits per heavy atom. The summed E-state index contributed by atoms with van der Waals surface area (Å²) in [4.78, 5) is 19.4. The van der Waals surface area contributed by atoms with Crippen molar-refractivity contribution in [1.29, 1.82) is 0 Å². The van der Waals surface area contributed by atoms with Crippen molar-refractivity contribution in [2.75, 3.05) is 26.2 Å². The number of hydrogen-bond donors (Lipinski definition) is 1. The molecule has 0 unspecified atom stereocenters. The molecule has 1 amide bonds. The summed E-state index contributed by atoms with van der Waals surface area (Å²) < 4.78 is 40.3. The third-order valence-electron chi connectivity index (χ3n) is 4.99. The first kappa shape index (κ1) is 17.6. The van der Waals surface area contributed by atoms with Crippen LogP contribution in [0.25, 0.3) is 10.9 Å². The zero-order valence-electron chi connectivity index (χ0n) is 14.5. The first-order valence-corrected chi connectivity index (χ1v) is 8.74. The molecule has 0 atom stereocenters. The number of aromatic amines is 1. The number of benzene rings is 2. The molecular weight excluding hydrogens is 355 g/mol. The molecule has 0 aliphatic carbocycles. The van der Waals surface area contributed by atoms with Gasteiger partial charge < -0.3 is 9.88 Å². The highest BCUT2D eigenvalue weighted by atomic mass is 19.2. The maximum Gasteiger partial charge on any atom is 0.257 e. The lowest BCUT2D eigenvalue weighted by atomic mass is 10.1. The first-order valence-electron chi connectivity index (χ1n) is 8.74. The Bertz CT molecular complexity index is 993. The number of carbonyl (C=O) groups excluding carboxylic acids is 1. The minimum Gasteiger partial charge on any atom is -0.361 e. The molecule has 140 valence electrons. The summed E-state index contributed by atoms with van der Waals surface area (Å²) in [7, 11) is 0. The van der Waals surface area contributed by atoms with E-state index in [1.807, 2.05) is 24.4 Å². The van der Waals surface area contributed by atoms with Gasteiger partial charge in [-0.25, -0.2) is 13.2 Å². The second-order valence-corrected chi connectivity index (χ2v) is 6.65. The van der Waals surface area contributed by atoms with Gasteiger partial charge in [-0.05, 0) is 23.8 Å². The summed E-state index contributed by atoms with van der Waals surface area (Å²) in [6.45, 7) is 2.79. The van der Waals surface area contributed by atoms with E-state index in [0.29, 0.717) is 26.2 Å². The lowest BCUT2D eigenvalue weighted by molar-refractivity contribution is 0.0623. The van der Waals surface area contributed by atoms with Gasteiger partial charge in [-0.15, -0.1) is 0 Å². The van der Waals surface area contributed by atoms with Crippen LogP contribution in [-0.2, 0) is 6.54 Å². The van der Waals surface area contributed by atoms with Crippen molar-refractivity contribution in [2.45, 2.75) is 6.54 Å². The topological polar surface area (TPSA) is 39.3 Å². The molecule has 1 saturated heterocycles. The molecule has 2 aromatic carbocycles. The molecule has 0 bridgehead atoms. The number of carbonyl (C=O) groups is 1. The minimum absolute atomic E-state index is 0.402. The number of halogens is 3. The summed E-state index contributed by atoms with van der Waals surface area (Å²) in [6.07, 6.45) is 1.98. The van der Waals surface area contributed by atoms with Crippen LogP contribution in [0.2, 0.25) is 0 Å². The van der Waals surface area contributed by atoms with E-state index in [4.69, 9.17) is 0 Å². The molecule has 3 aromatic rings.